The summed E-state index contributed by atoms with van der Waals surface area (Å²) in [5.41, 5.74) is 1.75. The second kappa shape index (κ2) is 6.28. The first kappa shape index (κ1) is 14.7. The Morgan fingerprint density at radius 1 is 1.23 bits per heavy atom. The fourth-order valence-electron chi connectivity index (χ4n) is 2.34. The molecule has 0 fully saturated rings. The fourth-order valence-corrected chi connectivity index (χ4v) is 2.55. The molecule has 2 aromatic carbocycles. The van der Waals surface area contributed by atoms with Gasteiger partial charge in [0.25, 0.3) is 0 Å². The van der Waals surface area contributed by atoms with Gasteiger partial charge in [0.15, 0.2) is 23.8 Å². The summed E-state index contributed by atoms with van der Waals surface area (Å²) >= 11 is 6.14. The molecule has 0 N–H and O–H groups in total. The molecule has 4 nitrogen and oxygen atoms in total. The smallest absolute Gasteiger partial charge is 0.231 e. The fraction of sp³-hybridized carbons (Fsp3) is 0.235. The summed E-state index contributed by atoms with van der Waals surface area (Å²) in [7, 11) is 0. The van der Waals surface area contributed by atoms with Crippen LogP contribution in [0.3, 0.4) is 0 Å². The maximum Gasteiger partial charge on any atom is 0.231 e. The van der Waals surface area contributed by atoms with Crippen LogP contribution < -0.4 is 9.47 Å². The van der Waals surface area contributed by atoms with E-state index < -0.39 is 0 Å². The Labute approximate surface area is 134 Å². The quantitative estimate of drug-likeness (QED) is 0.374. The minimum absolute atomic E-state index is 0.217. The third kappa shape index (κ3) is 3.17. The summed E-state index contributed by atoms with van der Waals surface area (Å²) in [6, 6.07) is 12.8. The number of hydrogen-bond acceptors (Lipinski definition) is 3. The zero-order valence-electron chi connectivity index (χ0n) is 12.2. The number of rotatable bonds is 4. The van der Waals surface area contributed by atoms with Gasteiger partial charge < -0.3 is 14.7 Å². The molecule has 0 aliphatic carbocycles. The van der Waals surface area contributed by atoms with Gasteiger partial charge in [0.05, 0.1) is 0 Å². The van der Waals surface area contributed by atoms with Crippen LogP contribution in [0.5, 0.6) is 11.5 Å². The SMILES string of the molecule is CC(Cc1ccccc1Cl)/[N+]([O-])=C\c1ccc2c(c1)OCO2. The third-order valence-electron chi connectivity index (χ3n) is 3.58. The highest BCUT2D eigenvalue weighted by atomic mass is 35.5. The minimum atomic E-state index is -0.217. The van der Waals surface area contributed by atoms with E-state index in [1.165, 1.54) is 0 Å². The third-order valence-corrected chi connectivity index (χ3v) is 3.95. The topological polar surface area (TPSA) is 44.5 Å². The molecule has 5 heteroatoms. The van der Waals surface area contributed by atoms with Gasteiger partial charge in [0.1, 0.15) is 0 Å². The number of ether oxygens (including phenoxy) is 2. The van der Waals surface area contributed by atoms with Gasteiger partial charge in [0.2, 0.25) is 6.79 Å². The van der Waals surface area contributed by atoms with Crippen LogP contribution in [0.15, 0.2) is 42.5 Å². The van der Waals surface area contributed by atoms with Crippen LogP contribution in [0.1, 0.15) is 18.1 Å². The van der Waals surface area contributed by atoms with Crippen LogP contribution in [0, 0.1) is 5.21 Å². The Bertz CT molecular complexity index is 715. The molecular weight excluding hydrogens is 302 g/mol. The van der Waals surface area contributed by atoms with Gasteiger partial charge in [0, 0.05) is 17.0 Å². The normalized spacial score (nSPS) is 14.9. The van der Waals surface area contributed by atoms with Crippen molar-refractivity contribution in [1.29, 1.82) is 0 Å². The van der Waals surface area contributed by atoms with E-state index in [0.29, 0.717) is 22.9 Å². The van der Waals surface area contributed by atoms with Crippen LogP contribution in [-0.4, -0.2) is 23.8 Å². The highest BCUT2D eigenvalue weighted by Gasteiger charge is 2.15. The first-order valence-electron chi connectivity index (χ1n) is 7.07. The first-order valence-corrected chi connectivity index (χ1v) is 7.44. The van der Waals surface area contributed by atoms with Crippen molar-refractivity contribution >= 4 is 17.8 Å². The molecule has 0 saturated carbocycles. The zero-order valence-corrected chi connectivity index (χ0v) is 12.9. The summed E-state index contributed by atoms with van der Waals surface area (Å²) in [5.74, 6) is 1.37. The molecule has 0 spiro atoms. The lowest BCUT2D eigenvalue weighted by atomic mass is 10.1. The van der Waals surface area contributed by atoms with Crippen molar-refractivity contribution in [2.45, 2.75) is 19.4 Å². The average molecular weight is 318 g/mol. The van der Waals surface area contributed by atoms with E-state index in [2.05, 4.69) is 0 Å². The lowest BCUT2D eigenvalue weighted by Gasteiger charge is -2.13. The summed E-state index contributed by atoms with van der Waals surface area (Å²) < 4.78 is 11.5. The monoisotopic (exact) mass is 317 g/mol. The Morgan fingerprint density at radius 2 is 2.00 bits per heavy atom. The molecule has 0 amide bonds. The molecule has 1 aliphatic heterocycles. The van der Waals surface area contributed by atoms with Crippen LogP contribution >= 0.6 is 11.6 Å². The van der Waals surface area contributed by atoms with Gasteiger partial charge >= 0.3 is 0 Å². The van der Waals surface area contributed by atoms with Gasteiger partial charge in [-0.15, -0.1) is 0 Å². The van der Waals surface area contributed by atoms with Crippen molar-refractivity contribution in [3.05, 3.63) is 63.8 Å². The largest absolute Gasteiger partial charge is 0.624 e. The van der Waals surface area contributed by atoms with E-state index in [4.69, 9.17) is 21.1 Å². The molecule has 1 unspecified atom stereocenters. The Kier molecular flexibility index (Phi) is 4.20. The molecule has 0 radical (unpaired) electrons. The Morgan fingerprint density at radius 3 is 2.82 bits per heavy atom. The Hall–Kier alpha value is -2.20. The lowest BCUT2D eigenvalue weighted by molar-refractivity contribution is -0.491. The number of hydroxylamine groups is 1. The number of hydrogen-bond donors (Lipinski definition) is 0. The van der Waals surface area contributed by atoms with E-state index in [9.17, 15) is 5.21 Å². The summed E-state index contributed by atoms with van der Waals surface area (Å²) in [6.07, 6.45) is 2.15. The van der Waals surface area contributed by atoms with E-state index in [0.717, 1.165) is 15.9 Å². The summed E-state index contributed by atoms with van der Waals surface area (Å²) in [4.78, 5) is 0. The minimum Gasteiger partial charge on any atom is -0.624 e. The first-order chi connectivity index (χ1) is 10.6. The van der Waals surface area contributed by atoms with E-state index in [1.54, 1.807) is 18.3 Å². The lowest BCUT2D eigenvalue weighted by Crippen LogP contribution is -2.21. The molecule has 0 saturated heterocycles. The molecule has 1 heterocycles. The maximum atomic E-state index is 12.3. The number of nitrogens with zero attached hydrogens (tertiary/aromatic N) is 1. The molecule has 114 valence electrons. The second-order valence-corrected chi connectivity index (χ2v) is 5.65. The van der Waals surface area contributed by atoms with E-state index in [1.807, 2.05) is 37.3 Å². The van der Waals surface area contributed by atoms with Crippen molar-refractivity contribution in [2.75, 3.05) is 6.79 Å². The van der Waals surface area contributed by atoms with Gasteiger partial charge in [-0.2, -0.15) is 0 Å². The van der Waals surface area contributed by atoms with Crippen molar-refractivity contribution in [3.63, 3.8) is 0 Å². The number of fused-ring (bicyclic) bond motifs is 1. The molecule has 1 aliphatic rings. The molecular formula is C17H16ClNO3. The van der Waals surface area contributed by atoms with Crippen molar-refractivity contribution in [2.24, 2.45) is 0 Å². The molecule has 2 aromatic rings. The summed E-state index contributed by atoms with van der Waals surface area (Å²) in [5, 5.41) is 13.0. The van der Waals surface area contributed by atoms with Crippen LogP contribution in [0.25, 0.3) is 0 Å². The van der Waals surface area contributed by atoms with Crippen molar-refractivity contribution < 1.29 is 14.2 Å². The number of halogens is 1. The zero-order chi connectivity index (χ0) is 15.5. The average Bonchev–Trinajstić information content (AvgIpc) is 2.97. The molecule has 1 atom stereocenters. The molecule has 0 bridgehead atoms. The highest BCUT2D eigenvalue weighted by molar-refractivity contribution is 6.31. The van der Waals surface area contributed by atoms with E-state index >= 15 is 0 Å². The second-order valence-electron chi connectivity index (χ2n) is 5.25. The van der Waals surface area contributed by atoms with Crippen LogP contribution in [-0.2, 0) is 6.42 Å². The predicted octanol–water partition coefficient (Wildman–Crippen LogP) is 3.63. The highest BCUT2D eigenvalue weighted by Crippen LogP contribution is 2.32. The van der Waals surface area contributed by atoms with Crippen LogP contribution in [0.4, 0.5) is 0 Å². The van der Waals surface area contributed by atoms with Crippen LogP contribution in [0.2, 0.25) is 5.02 Å². The summed E-state index contributed by atoms with van der Waals surface area (Å²) in [6.45, 7) is 2.10. The predicted molar refractivity (Wildman–Crippen MR) is 86.0 cm³/mol. The number of benzene rings is 2. The molecule has 22 heavy (non-hydrogen) atoms. The van der Waals surface area contributed by atoms with Crippen molar-refractivity contribution in [3.8, 4) is 11.5 Å². The van der Waals surface area contributed by atoms with Gasteiger partial charge in [-0.05, 0) is 36.8 Å². The Balaban J connectivity index is 1.75. The van der Waals surface area contributed by atoms with Gasteiger partial charge in [-0.3, -0.25) is 0 Å². The van der Waals surface area contributed by atoms with Gasteiger partial charge in [-0.25, -0.2) is 4.74 Å². The molecule has 0 aromatic heterocycles. The standard InChI is InChI=1S/C17H16ClNO3/c1-12(8-14-4-2-3-5-15(14)18)19(20)10-13-6-7-16-17(9-13)22-11-21-16/h2-7,9-10,12H,8,11H2,1H3/b19-10+. The maximum absolute atomic E-state index is 12.3. The van der Waals surface area contributed by atoms with Gasteiger partial charge in [-0.1, -0.05) is 29.8 Å². The molecule has 3 rings (SSSR count). The van der Waals surface area contributed by atoms with E-state index in [-0.39, 0.29) is 12.8 Å². The van der Waals surface area contributed by atoms with Crippen molar-refractivity contribution in [1.82, 2.24) is 0 Å².